The summed E-state index contributed by atoms with van der Waals surface area (Å²) in [5.74, 6) is 0.353. The lowest BCUT2D eigenvalue weighted by Gasteiger charge is -2.31. The zero-order valence-corrected chi connectivity index (χ0v) is 17.9. The number of amides is 1. The highest BCUT2D eigenvalue weighted by molar-refractivity contribution is 7.92. The molecule has 0 aliphatic rings. The summed E-state index contributed by atoms with van der Waals surface area (Å²) in [7, 11) is -2.10. The lowest BCUT2D eigenvalue weighted by Crippen LogP contribution is -2.49. The average molecular weight is 425 g/mol. The van der Waals surface area contributed by atoms with E-state index in [0.29, 0.717) is 17.1 Å². The molecule has 6 nitrogen and oxygen atoms in total. The van der Waals surface area contributed by atoms with E-state index in [-0.39, 0.29) is 11.9 Å². The van der Waals surface area contributed by atoms with Crippen LogP contribution in [-0.2, 0) is 14.8 Å². The molecule has 0 bridgehead atoms. The number of halogens is 1. The van der Waals surface area contributed by atoms with Crippen LogP contribution in [0.4, 0.5) is 5.69 Å². The SMILES string of the molecule is CC[C@H](C(=O)N[C@@H](C)c1ccc(OC)cc1)N(c1ccc(Cl)cc1)S(C)(=O)=O. The van der Waals surface area contributed by atoms with Gasteiger partial charge in [0.2, 0.25) is 15.9 Å². The molecule has 0 fully saturated rings. The Hall–Kier alpha value is -2.25. The smallest absolute Gasteiger partial charge is 0.244 e. The Labute approximate surface area is 171 Å². The predicted octanol–water partition coefficient (Wildman–Crippen LogP) is 3.77. The Morgan fingerprint density at radius 1 is 1.14 bits per heavy atom. The molecular formula is C20H25ClN2O4S. The van der Waals surface area contributed by atoms with Crippen LogP contribution in [0.1, 0.15) is 31.9 Å². The van der Waals surface area contributed by atoms with Gasteiger partial charge in [-0.15, -0.1) is 0 Å². The highest BCUT2D eigenvalue weighted by Crippen LogP contribution is 2.25. The van der Waals surface area contributed by atoms with Gasteiger partial charge in [0.1, 0.15) is 11.8 Å². The van der Waals surface area contributed by atoms with E-state index in [1.165, 1.54) is 0 Å². The van der Waals surface area contributed by atoms with Gasteiger partial charge in [-0.25, -0.2) is 8.42 Å². The zero-order chi connectivity index (χ0) is 20.9. The standard InChI is InChI=1S/C20H25ClN2O4S/c1-5-19(23(28(4,25)26)17-10-8-16(21)9-11-17)20(24)22-14(2)15-6-12-18(27-3)13-7-15/h6-14,19H,5H2,1-4H3,(H,22,24)/t14-,19+/m0/s1. The summed E-state index contributed by atoms with van der Waals surface area (Å²) in [5, 5.41) is 3.40. The van der Waals surface area contributed by atoms with Crippen LogP contribution < -0.4 is 14.4 Å². The Morgan fingerprint density at radius 3 is 2.18 bits per heavy atom. The van der Waals surface area contributed by atoms with Gasteiger partial charge < -0.3 is 10.1 Å². The fourth-order valence-electron chi connectivity index (χ4n) is 2.93. The molecule has 0 saturated heterocycles. The molecule has 2 aromatic rings. The summed E-state index contributed by atoms with van der Waals surface area (Å²) in [5.41, 5.74) is 1.28. The maximum Gasteiger partial charge on any atom is 0.244 e. The second-order valence-corrected chi connectivity index (χ2v) is 8.76. The van der Waals surface area contributed by atoms with E-state index in [2.05, 4.69) is 5.32 Å². The number of benzene rings is 2. The molecule has 0 unspecified atom stereocenters. The number of carbonyl (C=O) groups is 1. The fourth-order valence-corrected chi connectivity index (χ4v) is 4.27. The molecule has 0 spiro atoms. The van der Waals surface area contributed by atoms with Crippen molar-refractivity contribution in [1.82, 2.24) is 5.32 Å². The van der Waals surface area contributed by atoms with Crippen LogP contribution in [-0.4, -0.2) is 33.7 Å². The summed E-state index contributed by atoms with van der Waals surface area (Å²) >= 11 is 5.91. The Kier molecular flexibility index (Phi) is 7.32. The van der Waals surface area contributed by atoms with Crippen LogP contribution in [0.5, 0.6) is 5.75 Å². The molecule has 152 valence electrons. The molecule has 0 aromatic heterocycles. The summed E-state index contributed by atoms with van der Waals surface area (Å²) in [6.07, 6.45) is 1.40. The molecule has 1 N–H and O–H groups in total. The number of nitrogens with zero attached hydrogens (tertiary/aromatic N) is 1. The van der Waals surface area contributed by atoms with E-state index in [9.17, 15) is 13.2 Å². The van der Waals surface area contributed by atoms with Gasteiger partial charge >= 0.3 is 0 Å². The molecule has 8 heteroatoms. The van der Waals surface area contributed by atoms with Crippen LogP contribution in [0, 0.1) is 0 Å². The van der Waals surface area contributed by atoms with Gasteiger partial charge in [-0.1, -0.05) is 30.7 Å². The van der Waals surface area contributed by atoms with Gasteiger partial charge in [-0.05, 0) is 55.3 Å². The predicted molar refractivity (Wildman–Crippen MR) is 112 cm³/mol. The summed E-state index contributed by atoms with van der Waals surface area (Å²) in [6.45, 7) is 3.62. The minimum absolute atomic E-state index is 0.293. The third-order valence-electron chi connectivity index (χ3n) is 4.39. The molecule has 0 heterocycles. The Morgan fingerprint density at radius 2 is 1.71 bits per heavy atom. The van der Waals surface area contributed by atoms with Crippen LogP contribution in [0.25, 0.3) is 0 Å². The van der Waals surface area contributed by atoms with Crippen LogP contribution in [0.2, 0.25) is 5.02 Å². The van der Waals surface area contributed by atoms with E-state index >= 15 is 0 Å². The number of anilines is 1. The number of ether oxygens (including phenoxy) is 1. The van der Waals surface area contributed by atoms with Crippen molar-refractivity contribution in [3.63, 3.8) is 0 Å². The molecule has 0 radical (unpaired) electrons. The summed E-state index contributed by atoms with van der Waals surface area (Å²) in [4.78, 5) is 12.9. The van der Waals surface area contributed by atoms with E-state index in [1.54, 1.807) is 38.3 Å². The van der Waals surface area contributed by atoms with Crippen LogP contribution >= 0.6 is 11.6 Å². The number of methoxy groups -OCH3 is 1. The van der Waals surface area contributed by atoms with Gasteiger partial charge in [-0.3, -0.25) is 9.10 Å². The molecule has 0 aliphatic heterocycles. The topological polar surface area (TPSA) is 75.7 Å². The van der Waals surface area contributed by atoms with Gasteiger partial charge in [0.25, 0.3) is 0 Å². The van der Waals surface area contributed by atoms with Crippen molar-refractivity contribution in [2.24, 2.45) is 0 Å². The molecule has 2 atom stereocenters. The first kappa shape index (κ1) is 22.0. The van der Waals surface area contributed by atoms with Crippen molar-refractivity contribution in [2.75, 3.05) is 17.7 Å². The van der Waals surface area contributed by atoms with E-state index in [4.69, 9.17) is 16.3 Å². The molecule has 0 saturated carbocycles. The van der Waals surface area contributed by atoms with E-state index < -0.39 is 16.1 Å². The third kappa shape index (κ3) is 5.39. The van der Waals surface area contributed by atoms with E-state index in [0.717, 1.165) is 21.9 Å². The second-order valence-electron chi connectivity index (χ2n) is 6.46. The lowest BCUT2D eigenvalue weighted by molar-refractivity contribution is -0.122. The van der Waals surface area contributed by atoms with Gasteiger partial charge in [0.15, 0.2) is 0 Å². The minimum Gasteiger partial charge on any atom is -0.497 e. The van der Waals surface area contributed by atoms with Gasteiger partial charge in [0, 0.05) is 5.02 Å². The molecule has 2 aromatic carbocycles. The number of carbonyl (C=O) groups excluding carboxylic acids is 1. The third-order valence-corrected chi connectivity index (χ3v) is 5.82. The second kappa shape index (κ2) is 9.30. The van der Waals surface area contributed by atoms with E-state index in [1.807, 2.05) is 31.2 Å². The number of sulfonamides is 1. The summed E-state index contributed by atoms with van der Waals surface area (Å²) in [6, 6.07) is 12.5. The molecular weight excluding hydrogens is 400 g/mol. The number of nitrogens with one attached hydrogen (secondary N) is 1. The van der Waals surface area contributed by atoms with Crippen molar-refractivity contribution in [3.05, 3.63) is 59.1 Å². The monoisotopic (exact) mass is 424 g/mol. The van der Waals surface area contributed by atoms with Crippen molar-refractivity contribution in [1.29, 1.82) is 0 Å². The fraction of sp³-hybridized carbons (Fsp3) is 0.350. The molecule has 0 aliphatic carbocycles. The van der Waals surface area contributed by atoms with Crippen molar-refractivity contribution in [3.8, 4) is 5.75 Å². The van der Waals surface area contributed by atoms with Crippen LogP contribution in [0.3, 0.4) is 0 Å². The Balaban J connectivity index is 2.26. The minimum atomic E-state index is -3.68. The summed E-state index contributed by atoms with van der Waals surface area (Å²) < 4.78 is 31.2. The number of hydrogen-bond donors (Lipinski definition) is 1. The number of rotatable bonds is 8. The molecule has 2 rings (SSSR count). The highest BCUT2D eigenvalue weighted by atomic mass is 35.5. The van der Waals surface area contributed by atoms with Crippen LogP contribution in [0.15, 0.2) is 48.5 Å². The van der Waals surface area contributed by atoms with Gasteiger partial charge in [-0.2, -0.15) is 0 Å². The highest BCUT2D eigenvalue weighted by Gasteiger charge is 2.32. The van der Waals surface area contributed by atoms with Crippen molar-refractivity contribution >= 4 is 33.2 Å². The molecule has 28 heavy (non-hydrogen) atoms. The average Bonchev–Trinajstić information content (AvgIpc) is 2.66. The zero-order valence-electron chi connectivity index (χ0n) is 16.3. The molecule has 1 amide bonds. The normalized spacial score (nSPS) is 13.5. The first-order chi connectivity index (χ1) is 13.2. The largest absolute Gasteiger partial charge is 0.497 e. The first-order valence-electron chi connectivity index (χ1n) is 8.86. The Bertz CT molecular complexity index is 899. The first-order valence-corrected chi connectivity index (χ1v) is 11.1. The van der Waals surface area contributed by atoms with Gasteiger partial charge in [0.05, 0.1) is 25.1 Å². The quantitative estimate of drug-likeness (QED) is 0.699. The number of hydrogen-bond acceptors (Lipinski definition) is 4. The maximum atomic E-state index is 12.9. The van der Waals surface area contributed by atoms with Crippen molar-refractivity contribution in [2.45, 2.75) is 32.4 Å². The maximum absolute atomic E-state index is 12.9. The van der Waals surface area contributed by atoms with Crippen molar-refractivity contribution < 1.29 is 17.9 Å². The lowest BCUT2D eigenvalue weighted by atomic mass is 10.1.